The van der Waals surface area contributed by atoms with Gasteiger partial charge in [0.25, 0.3) is 0 Å². The highest BCUT2D eigenvalue weighted by Gasteiger charge is 2.05. The van der Waals surface area contributed by atoms with Crippen molar-refractivity contribution < 1.29 is 9.47 Å². The van der Waals surface area contributed by atoms with Gasteiger partial charge in [0.05, 0.1) is 13.2 Å². The van der Waals surface area contributed by atoms with Crippen molar-refractivity contribution in [3.05, 3.63) is 18.2 Å². The number of nitrogens with one attached hydrogen (secondary N) is 2. The predicted molar refractivity (Wildman–Crippen MR) is 97.2 cm³/mol. The zero-order valence-electron chi connectivity index (χ0n) is 15.5. The first-order valence-electron chi connectivity index (χ1n) is 8.76. The van der Waals surface area contributed by atoms with E-state index in [0.29, 0.717) is 32.3 Å². The lowest BCUT2D eigenvalue weighted by atomic mass is 10.2. The average molecular weight is 339 g/mol. The molecule has 0 bridgehead atoms. The van der Waals surface area contributed by atoms with Crippen LogP contribution < -0.4 is 10.6 Å². The highest BCUT2D eigenvalue weighted by Crippen LogP contribution is 2.04. The van der Waals surface area contributed by atoms with Crippen LogP contribution in [0.3, 0.4) is 0 Å². The van der Waals surface area contributed by atoms with Gasteiger partial charge >= 0.3 is 0 Å². The molecule has 0 aliphatic carbocycles. The van der Waals surface area contributed by atoms with Crippen LogP contribution in [0.1, 0.15) is 33.0 Å². The van der Waals surface area contributed by atoms with Crippen molar-refractivity contribution in [1.29, 1.82) is 0 Å². The van der Waals surface area contributed by atoms with E-state index in [4.69, 9.17) is 9.47 Å². The first kappa shape index (κ1) is 20.4. The van der Waals surface area contributed by atoms with Crippen LogP contribution >= 0.6 is 0 Å². The van der Waals surface area contributed by atoms with Gasteiger partial charge in [0.15, 0.2) is 5.96 Å². The van der Waals surface area contributed by atoms with Gasteiger partial charge in [-0.05, 0) is 19.3 Å². The molecule has 24 heavy (non-hydrogen) atoms. The van der Waals surface area contributed by atoms with Crippen molar-refractivity contribution in [1.82, 2.24) is 20.2 Å². The van der Waals surface area contributed by atoms with Crippen molar-refractivity contribution in [2.45, 2.75) is 40.3 Å². The first-order chi connectivity index (χ1) is 11.7. The monoisotopic (exact) mass is 339 g/mol. The first-order valence-corrected chi connectivity index (χ1v) is 8.76. The molecule has 0 atom stereocenters. The second kappa shape index (κ2) is 12.8. The molecule has 0 aliphatic heterocycles. The van der Waals surface area contributed by atoms with Crippen molar-refractivity contribution >= 4 is 5.96 Å². The maximum atomic E-state index is 5.45. The van der Waals surface area contributed by atoms with E-state index in [9.17, 15) is 0 Å². The molecule has 138 valence electrons. The molecular weight excluding hydrogens is 306 g/mol. The SMILES string of the molecule is CCNC(=NCc1nccn1CC(C)C)NCCCOCCOC. The second-order valence-corrected chi connectivity index (χ2v) is 5.97. The molecule has 2 N–H and O–H groups in total. The van der Waals surface area contributed by atoms with E-state index in [1.165, 1.54) is 0 Å². The van der Waals surface area contributed by atoms with Gasteiger partial charge in [0.1, 0.15) is 12.4 Å². The summed E-state index contributed by atoms with van der Waals surface area (Å²) in [7, 11) is 1.68. The summed E-state index contributed by atoms with van der Waals surface area (Å²) in [6.07, 6.45) is 4.78. The number of hydrogen-bond donors (Lipinski definition) is 2. The molecule has 0 saturated heterocycles. The second-order valence-electron chi connectivity index (χ2n) is 5.97. The van der Waals surface area contributed by atoms with Gasteiger partial charge in [-0.1, -0.05) is 13.8 Å². The van der Waals surface area contributed by atoms with E-state index in [2.05, 4.69) is 45.9 Å². The van der Waals surface area contributed by atoms with Crippen LogP contribution in [0.2, 0.25) is 0 Å². The third-order valence-corrected chi connectivity index (χ3v) is 3.28. The summed E-state index contributed by atoms with van der Waals surface area (Å²) in [4.78, 5) is 9.03. The zero-order valence-corrected chi connectivity index (χ0v) is 15.5. The zero-order chi connectivity index (χ0) is 17.6. The van der Waals surface area contributed by atoms with Gasteiger partial charge in [-0.2, -0.15) is 0 Å². The Morgan fingerprint density at radius 1 is 1.29 bits per heavy atom. The molecule has 1 aromatic heterocycles. The molecule has 0 aromatic carbocycles. The molecule has 0 saturated carbocycles. The number of ether oxygens (including phenoxy) is 2. The Morgan fingerprint density at radius 2 is 2.12 bits per heavy atom. The number of imidazole rings is 1. The summed E-state index contributed by atoms with van der Waals surface area (Å²) >= 11 is 0. The summed E-state index contributed by atoms with van der Waals surface area (Å²) in [6, 6.07) is 0. The van der Waals surface area contributed by atoms with E-state index >= 15 is 0 Å². The Morgan fingerprint density at radius 3 is 2.83 bits per heavy atom. The quantitative estimate of drug-likeness (QED) is 0.344. The smallest absolute Gasteiger partial charge is 0.191 e. The van der Waals surface area contributed by atoms with Gasteiger partial charge in [-0.25, -0.2) is 9.98 Å². The molecule has 1 heterocycles. The van der Waals surface area contributed by atoms with E-state index < -0.39 is 0 Å². The lowest BCUT2D eigenvalue weighted by Crippen LogP contribution is -2.38. The molecule has 7 nitrogen and oxygen atoms in total. The lowest BCUT2D eigenvalue weighted by molar-refractivity contribution is 0.0698. The van der Waals surface area contributed by atoms with Crippen molar-refractivity contribution in [2.24, 2.45) is 10.9 Å². The predicted octanol–water partition coefficient (Wildman–Crippen LogP) is 1.65. The van der Waals surface area contributed by atoms with Gasteiger partial charge in [0, 0.05) is 45.7 Å². The number of nitrogens with zero attached hydrogens (tertiary/aromatic N) is 3. The maximum Gasteiger partial charge on any atom is 0.191 e. The number of hydrogen-bond acceptors (Lipinski definition) is 4. The fourth-order valence-electron chi connectivity index (χ4n) is 2.17. The number of aliphatic imine (C=N–C) groups is 1. The largest absolute Gasteiger partial charge is 0.382 e. The maximum absolute atomic E-state index is 5.45. The molecule has 0 fully saturated rings. The van der Waals surface area contributed by atoms with Gasteiger partial charge in [0.2, 0.25) is 0 Å². The van der Waals surface area contributed by atoms with E-state index in [1.54, 1.807) is 7.11 Å². The van der Waals surface area contributed by atoms with Crippen LogP contribution in [0.25, 0.3) is 0 Å². The highest BCUT2D eigenvalue weighted by atomic mass is 16.5. The number of guanidine groups is 1. The van der Waals surface area contributed by atoms with Gasteiger partial charge in [-0.15, -0.1) is 0 Å². The van der Waals surface area contributed by atoms with E-state index in [1.807, 2.05) is 12.4 Å². The molecule has 7 heteroatoms. The van der Waals surface area contributed by atoms with Crippen molar-refractivity contribution in [2.75, 3.05) is 40.0 Å². The molecule has 0 amide bonds. The Kier molecular flexibility index (Phi) is 10.9. The molecule has 0 radical (unpaired) electrons. The normalized spacial score (nSPS) is 12.0. The summed E-state index contributed by atoms with van der Waals surface area (Å²) < 4.78 is 12.6. The molecule has 1 rings (SSSR count). The van der Waals surface area contributed by atoms with E-state index in [-0.39, 0.29) is 0 Å². The third kappa shape index (κ3) is 8.88. The van der Waals surface area contributed by atoms with Crippen LogP contribution in [0.4, 0.5) is 0 Å². The fraction of sp³-hybridized carbons (Fsp3) is 0.765. The van der Waals surface area contributed by atoms with E-state index in [0.717, 1.165) is 37.8 Å². The van der Waals surface area contributed by atoms with Crippen LogP contribution in [-0.2, 0) is 22.6 Å². The van der Waals surface area contributed by atoms with Crippen LogP contribution in [0.5, 0.6) is 0 Å². The lowest BCUT2D eigenvalue weighted by Gasteiger charge is -2.12. The molecule has 0 spiro atoms. The van der Waals surface area contributed by atoms with Crippen LogP contribution in [0, 0.1) is 5.92 Å². The standard InChI is InChI=1S/C17H33N5O2/c1-5-18-17(20-7-6-10-24-12-11-23-4)21-13-16-19-8-9-22(16)14-15(2)3/h8-9,15H,5-7,10-14H2,1-4H3,(H2,18,20,21). The molecular formula is C17H33N5O2. The Bertz CT molecular complexity index is 460. The Hall–Kier alpha value is -1.60. The van der Waals surface area contributed by atoms with Crippen molar-refractivity contribution in [3.8, 4) is 0 Å². The third-order valence-electron chi connectivity index (χ3n) is 3.28. The number of methoxy groups -OCH3 is 1. The topological polar surface area (TPSA) is 72.7 Å². The molecule has 0 unspecified atom stereocenters. The minimum Gasteiger partial charge on any atom is -0.382 e. The molecule has 0 aliphatic rings. The summed E-state index contributed by atoms with van der Waals surface area (Å²) in [6.45, 7) is 11.6. The van der Waals surface area contributed by atoms with Crippen LogP contribution in [-0.4, -0.2) is 55.5 Å². The minimum atomic E-state index is 0.569. The molecule has 1 aromatic rings. The van der Waals surface area contributed by atoms with Gasteiger partial charge in [-0.3, -0.25) is 0 Å². The highest BCUT2D eigenvalue weighted by molar-refractivity contribution is 5.79. The van der Waals surface area contributed by atoms with Gasteiger partial charge < -0.3 is 24.7 Å². The van der Waals surface area contributed by atoms with Crippen LogP contribution in [0.15, 0.2) is 17.4 Å². The summed E-state index contributed by atoms with van der Waals surface area (Å²) in [5.41, 5.74) is 0. The Labute approximate surface area is 145 Å². The fourth-order valence-corrected chi connectivity index (χ4v) is 2.17. The summed E-state index contributed by atoms with van der Waals surface area (Å²) in [5.74, 6) is 2.39. The number of rotatable bonds is 12. The summed E-state index contributed by atoms with van der Waals surface area (Å²) in [5, 5.41) is 6.58. The van der Waals surface area contributed by atoms with Crippen molar-refractivity contribution in [3.63, 3.8) is 0 Å². The Balaban J connectivity index is 2.38. The average Bonchev–Trinajstić information content (AvgIpc) is 2.98. The minimum absolute atomic E-state index is 0.569. The number of aromatic nitrogens is 2.